The highest BCUT2D eigenvalue weighted by Gasteiger charge is 2.17. The van der Waals surface area contributed by atoms with Crippen molar-refractivity contribution in [3.8, 4) is 39.5 Å². The molecule has 0 radical (unpaired) electrons. The molecule has 15 heteroatoms. The lowest BCUT2D eigenvalue weighted by Crippen LogP contribution is -2.35. The van der Waals surface area contributed by atoms with Gasteiger partial charge in [0.1, 0.15) is 17.2 Å². The summed E-state index contributed by atoms with van der Waals surface area (Å²) in [6.45, 7) is 11.0. The number of nitrogens with zero attached hydrogens (tertiary/aromatic N) is 4. The summed E-state index contributed by atoms with van der Waals surface area (Å²) < 4.78 is 27.0. The summed E-state index contributed by atoms with van der Waals surface area (Å²) in [7, 11) is 3.13. The van der Waals surface area contributed by atoms with E-state index in [1.54, 1.807) is 32.4 Å². The standard InChI is InChI=1S/C29H30N4O4.C29H30N4O3/c1-35-22-9-12-28(36-2)27(17-22)32-29(34)31-26-11-10-23(24-5-3-4-6-25(24)26)20-7-8-21(30-18-20)19-33-13-15-37-16-14-33;1-2-36-24-11-9-22(10-12-24)31-29(34)32-28-14-13-25(26-5-3-4-6-27(26)28)21-7-8-23(30-19-21)20-33-15-17-35-18-16-33/h3-12,17-18H,13-16,19H2,1-2H3,(H2,31,32,34);3-14,19H,2,15-18,20H2,1H3,(H2,31,32,34). The normalized spacial score (nSPS) is 13.8. The van der Waals surface area contributed by atoms with Crippen molar-refractivity contribution in [2.24, 2.45) is 0 Å². The summed E-state index contributed by atoms with van der Waals surface area (Å²) in [4.78, 5) is 39.8. The highest BCUT2D eigenvalue weighted by molar-refractivity contribution is 6.11. The largest absolute Gasteiger partial charge is 0.497 e. The van der Waals surface area contributed by atoms with E-state index in [1.807, 2.05) is 104 Å². The summed E-state index contributed by atoms with van der Waals surface area (Å²) in [5, 5.41) is 15.7. The number of carbonyl (C=O) groups excluding carboxylic acids is 2. The lowest BCUT2D eigenvalue weighted by atomic mass is 9.98. The Morgan fingerprint density at radius 1 is 0.521 bits per heavy atom. The molecule has 2 fully saturated rings. The molecule has 0 atom stereocenters. The smallest absolute Gasteiger partial charge is 0.323 e. The molecule has 2 aliphatic rings. The van der Waals surface area contributed by atoms with Crippen molar-refractivity contribution in [1.29, 1.82) is 0 Å². The van der Waals surface area contributed by atoms with Gasteiger partial charge in [0, 0.05) is 85.3 Å². The van der Waals surface area contributed by atoms with Crippen LogP contribution in [-0.2, 0) is 22.6 Å². The van der Waals surface area contributed by atoms with E-state index in [-0.39, 0.29) is 12.1 Å². The number of hydrogen-bond donors (Lipinski definition) is 4. The van der Waals surface area contributed by atoms with E-state index >= 15 is 0 Å². The minimum absolute atomic E-state index is 0.300. The molecule has 0 unspecified atom stereocenters. The van der Waals surface area contributed by atoms with Crippen LogP contribution in [0.1, 0.15) is 18.3 Å². The maximum Gasteiger partial charge on any atom is 0.323 e. The number of ether oxygens (including phenoxy) is 5. The molecule has 2 saturated heterocycles. The second kappa shape index (κ2) is 24.4. The summed E-state index contributed by atoms with van der Waals surface area (Å²) in [6, 6.07) is 44.3. The van der Waals surface area contributed by atoms with Crippen LogP contribution in [-0.4, -0.2) is 105 Å². The molecule has 6 aromatic carbocycles. The van der Waals surface area contributed by atoms with Gasteiger partial charge < -0.3 is 45.0 Å². The molecule has 374 valence electrons. The Labute approximate surface area is 425 Å². The van der Waals surface area contributed by atoms with Crippen LogP contribution >= 0.6 is 0 Å². The van der Waals surface area contributed by atoms with Crippen LogP contribution in [0.15, 0.2) is 152 Å². The average molecular weight is 981 g/mol. The monoisotopic (exact) mass is 980 g/mol. The number of carbonyl (C=O) groups is 2. The molecule has 0 bridgehead atoms. The Balaban J connectivity index is 0.000000180. The van der Waals surface area contributed by atoms with Gasteiger partial charge in [-0.15, -0.1) is 0 Å². The summed E-state index contributed by atoms with van der Waals surface area (Å²) in [5.74, 6) is 1.94. The van der Waals surface area contributed by atoms with Crippen LogP contribution in [0.25, 0.3) is 43.8 Å². The zero-order chi connectivity index (χ0) is 50.4. The van der Waals surface area contributed by atoms with Crippen LogP contribution in [0.3, 0.4) is 0 Å². The van der Waals surface area contributed by atoms with Gasteiger partial charge in [-0.05, 0) is 89.5 Å². The third-order valence-electron chi connectivity index (χ3n) is 12.7. The van der Waals surface area contributed by atoms with E-state index in [0.29, 0.717) is 35.2 Å². The van der Waals surface area contributed by atoms with Gasteiger partial charge in [0.05, 0.1) is 75.7 Å². The number of rotatable bonds is 14. The van der Waals surface area contributed by atoms with E-state index in [9.17, 15) is 9.59 Å². The van der Waals surface area contributed by atoms with Crippen LogP contribution in [0.5, 0.6) is 17.2 Å². The summed E-state index contributed by atoms with van der Waals surface area (Å²) >= 11 is 0. The predicted octanol–water partition coefficient (Wildman–Crippen LogP) is 11.2. The first-order valence-corrected chi connectivity index (χ1v) is 24.5. The molecule has 0 aliphatic carbocycles. The van der Waals surface area contributed by atoms with Gasteiger partial charge in [0.2, 0.25) is 0 Å². The number of hydrogen-bond acceptors (Lipinski definition) is 11. The number of urea groups is 2. The highest BCUT2D eigenvalue weighted by atomic mass is 16.5. The number of aromatic nitrogens is 2. The van der Waals surface area contributed by atoms with Crippen molar-refractivity contribution in [3.05, 3.63) is 163 Å². The minimum atomic E-state index is -0.376. The molecular formula is C58H60N8O7. The fraction of sp³-hybridized carbons (Fsp3) is 0.241. The van der Waals surface area contributed by atoms with Crippen LogP contribution < -0.4 is 35.5 Å². The Kier molecular flexibility index (Phi) is 16.6. The number of nitrogens with one attached hydrogen (secondary N) is 4. The number of morpholine rings is 2. The third-order valence-corrected chi connectivity index (χ3v) is 12.7. The fourth-order valence-corrected chi connectivity index (χ4v) is 8.92. The van der Waals surface area contributed by atoms with Gasteiger partial charge in [-0.1, -0.05) is 72.8 Å². The molecule has 0 spiro atoms. The van der Waals surface area contributed by atoms with Gasteiger partial charge in [-0.25, -0.2) is 9.59 Å². The number of fused-ring (bicyclic) bond motifs is 2. The van der Waals surface area contributed by atoms with Crippen LogP contribution in [0.2, 0.25) is 0 Å². The third kappa shape index (κ3) is 12.9. The minimum Gasteiger partial charge on any atom is -0.497 e. The molecule has 10 rings (SSSR count). The van der Waals surface area contributed by atoms with E-state index in [4.69, 9.17) is 33.7 Å². The van der Waals surface area contributed by atoms with Crippen LogP contribution in [0, 0.1) is 0 Å². The Morgan fingerprint density at radius 2 is 1.00 bits per heavy atom. The van der Waals surface area contributed by atoms with Crippen LogP contribution in [0.4, 0.5) is 32.3 Å². The van der Waals surface area contributed by atoms with Crippen molar-refractivity contribution in [1.82, 2.24) is 19.8 Å². The molecule has 4 amide bonds. The molecule has 4 heterocycles. The first kappa shape index (κ1) is 49.9. The predicted molar refractivity (Wildman–Crippen MR) is 289 cm³/mol. The molecule has 15 nitrogen and oxygen atoms in total. The van der Waals surface area contributed by atoms with Gasteiger partial charge in [0.15, 0.2) is 0 Å². The Bertz CT molecular complexity index is 3120. The van der Waals surface area contributed by atoms with E-state index < -0.39 is 0 Å². The van der Waals surface area contributed by atoms with Gasteiger partial charge in [0.25, 0.3) is 0 Å². The fourth-order valence-electron chi connectivity index (χ4n) is 8.92. The molecule has 0 saturated carbocycles. The number of anilines is 4. The first-order chi connectivity index (χ1) is 35.8. The maximum atomic E-state index is 12.9. The first-order valence-electron chi connectivity index (χ1n) is 24.5. The molecule has 2 aliphatic heterocycles. The highest BCUT2D eigenvalue weighted by Crippen LogP contribution is 2.36. The molecule has 2 aromatic heterocycles. The summed E-state index contributed by atoms with van der Waals surface area (Å²) in [5.41, 5.74) is 8.96. The average Bonchev–Trinajstić information content (AvgIpc) is 3.43. The SMILES string of the molecule is CCOc1ccc(NC(=O)Nc2ccc(-c3ccc(CN4CCOCC4)nc3)c3ccccc23)cc1.COc1ccc(OC)c(NC(=O)Nc2ccc(-c3ccc(CN4CCOCC4)nc3)c3ccccc23)c1. The topological polar surface area (TPSA) is 161 Å². The zero-order valence-electron chi connectivity index (χ0n) is 41.4. The number of pyridine rings is 2. The number of benzene rings is 6. The van der Waals surface area contributed by atoms with Crippen molar-refractivity contribution in [2.45, 2.75) is 20.0 Å². The maximum absolute atomic E-state index is 12.9. The van der Waals surface area contributed by atoms with Gasteiger partial charge in [-0.3, -0.25) is 19.8 Å². The molecular weight excluding hydrogens is 921 g/mol. The van der Waals surface area contributed by atoms with Gasteiger partial charge >= 0.3 is 12.1 Å². The van der Waals surface area contributed by atoms with Crippen molar-refractivity contribution in [2.75, 3.05) is 94.7 Å². The van der Waals surface area contributed by atoms with Gasteiger partial charge in [-0.2, -0.15) is 0 Å². The van der Waals surface area contributed by atoms with E-state index in [1.165, 1.54) is 0 Å². The number of amides is 4. The number of methoxy groups -OCH3 is 2. The van der Waals surface area contributed by atoms with Crippen molar-refractivity contribution in [3.63, 3.8) is 0 Å². The van der Waals surface area contributed by atoms with E-state index in [0.717, 1.165) is 132 Å². The molecule has 8 aromatic rings. The van der Waals surface area contributed by atoms with E-state index in [2.05, 4.69) is 67.5 Å². The van der Waals surface area contributed by atoms with Crippen molar-refractivity contribution >= 4 is 56.4 Å². The summed E-state index contributed by atoms with van der Waals surface area (Å²) in [6.07, 6.45) is 3.86. The zero-order valence-corrected chi connectivity index (χ0v) is 41.4. The van der Waals surface area contributed by atoms with Crippen molar-refractivity contribution < 1.29 is 33.3 Å². The Hall–Kier alpha value is -8.08. The Morgan fingerprint density at radius 3 is 1.47 bits per heavy atom. The second-order valence-corrected chi connectivity index (χ2v) is 17.4. The lowest BCUT2D eigenvalue weighted by Gasteiger charge is -2.26. The lowest BCUT2D eigenvalue weighted by molar-refractivity contribution is 0.0336. The molecule has 4 N–H and O–H groups in total. The second-order valence-electron chi connectivity index (χ2n) is 17.4. The molecule has 73 heavy (non-hydrogen) atoms. The quantitative estimate of drug-likeness (QED) is 0.0821.